The Bertz CT molecular complexity index is 1630. The first-order valence-electron chi connectivity index (χ1n) is 13.3. The number of fused-ring (bicyclic) bond motifs is 1. The molecular formula is C31H28F4N4O3. The van der Waals surface area contributed by atoms with Gasteiger partial charge < -0.3 is 20.4 Å². The van der Waals surface area contributed by atoms with Gasteiger partial charge in [-0.25, -0.2) is 9.37 Å². The van der Waals surface area contributed by atoms with E-state index in [2.05, 4.69) is 10.3 Å². The third-order valence-corrected chi connectivity index (χ3v) is 7.20. The van der Waals surface area contributed by atoms with Crippen LogP contribution in [0.1, 0.15) is 47.0 Å². The summed E-state index contributed by atoms with van der Waals surface area (Å²) in [4.78, 5) is 30.6. The zero-order valence-corrected chi connectivity index (χ0v) is 22.7. The van der Waals surface area contributed by atoms with E-state index >= 15 is 0 Å². The van der Waals surface area contributed by atoms with Gasteiger partial charge in [0.1, 0.15) is 22.8 Å². The van der Waals surface area contributed by atoms with Crippen molar-refractivity contribution < 1.29 is 31.6 Å². The summed E-state index contributed by atoms with van der Waals surface area (Å²) in [6.07, 6.45) is 0.109. The third kappa shape index (κ3) is 6.62. The number of hydrogen-bond donors (Lipinski definition) is 2. The smallest absolute Gasteiger partial charge is 0.420 e. The van der Waals surface area contributed by atoms with Gasteiger partial charge in [-0.1, -0.05) is 12.1 Å². The Morgan fingerprint density at radius 3 is 2.43 bits per heavy atom. The Morgan fingerprint density at radius 1 is 1.07 bits per heavy atom. The topological polar surface area (TPSA) is 101 Å². The molecule has 0 bridgehead atoms. The van der Waals surface area contributed by atoms with Crippen LogP contribution >= 0.6 is 0 Å². The molecule has 0 saturated carbocycles. The number of aromatic nitrogens is 1. The number of piperidine rings is 1. The number of benzene rings is 2. The SMILES string of the molecule is CC1(F)CCN(C(=O)c2ccc(-c3cc(C(F)(F)F)c4oc(CNC(=O)/C=C/c5ccc(N)nc5)cc4c3)cc2)CC1. The average molecular weight is 581 g/mol. The van der Waals surface area contributed by atoms with E-state index in [1.165, 1.54) is 31.3 Å². The second kappa shape index (κ2) is 11.3. The third-order valence-electron chi connectivity index (χ3n) is 7.20. The number of nitrogens with one attached hydrogen (secondary N) is 1. The highest BCUT2D eigenvalue weighted by Crippen LogP contribution is 2.39. The fraction of sp³-hybridized carbons (Fsp3) is 0.258. The van der Waals surface area contributed by atoms with Crippen molar-refractivity contribution in [3.05, 3.63) is 89.3 Å². The van der Waals surface area contributed by atoms with E-state index in [9.17, 15) is 27.2 Å². The highest BCUT2D eigenvalue weighted by atomic mass is 19.4. The normalized spacial score (nSPS) is 15.3. The Kier molecular flexibility index (Phi) is 7.77. The van der Waals surface area contributed by atoms with E-state index in [4.69, 9.17) is 10.2 Å². The van der Waals surface area contributed by atoms with E-state index in [0.717, 1.165) is 6.07 Å². The number of pyridine rings is 1. The van der Waals surface area contributed by atoms with Gasteiger partial charge in [-0.15, -0.1) is 0 Å². The molecule has 0 spiro atoms. The molecule has 0 atom stereocenters. The number of likely N-dealkylation sites (tertiary alicyclic amines) is 1. The molecule has 3 N–H and O–H groups in total. The van der Waals surface area contributed by atoms with E-state index in [1.54, 1.807) is 47.4 Å². The lowest BCUT2D eigenvalue weighted by Gasteiger charge is -2.34. The molecule has 1 aliphatic rings. The van der Waals surface area contributed by atoms with E-state index < -0.39 is 23.3 Å². The van der Waals surface area contributed by atoms with Crippen LogP contribution in [0.25, 0.3) is 28.2 Å². The lowest BCUT2D eigenvalue weighted by Crippen LogP contribution is -2.43. The summed E-state index contributed by atoms with van der Waals surface area (Å²) < 4.78 is 61.7. The summed E-state index contributed by atoms with van der Waals surface area (Å²) in [5, 5.41) is 2.81. The standard InChI is InChI=1S/C31H28F4N4O3/c1-30(32)10-12-39(13-11-30)29(41)21-6-4-20(5-7-21)22-14-23-15-24(42-28(23)25(16-22)31(33,34)35)18-38-27(40)9-3-19-2-8-26(36)37-17-19/h2-9,14-17H,10-13,18H2,1H3,(H2,36,37)(H,38,40)/b9-3+. The molecule has 1 aliphatic heterocycles. The number of nitrogens with two attached hydrogens (primary N) is 1. The van der Waals surface area contributed by atoms with Gasteiger partial charge in [0.2, 0.25) is 5.91 Å². The molecule has 3 heterocycles. The van der Waals surface area contributed by atoms with Crippen molar-refractivity contribution in [2.24, 2.45) is 0 Å². The molecule has 0 unspecified atom stereocenters. The molecule has 11 heteroatoms. The van der Waals surface area contributed by atoms with Crippen molar-refractivity contribution in [3.63, 3.8) is 0 Å². The number of furan rings is 1. The van der Waals surface area contributed by atoms with Gasteiger partial charge in [0.25, 0.3) is 5.91 Å². The van der Waals surface area contributed by atoms with E-state index in [1.807, 2.05) is 0 Å². The van der Waals surface area contributed by atoms with Crippen LogP contribution < -0.4 is 11.1 Å². The summed E-state index contributed by atoms with van der Waals surface area (Å²) in [5.41, 5.74) is 4.75. The lowest BCUT2D eigenvalue weighted by atomic mass is 9.95. The number of hydrogen-bond acceptors (Lipinski definition) is 5. The molecule has 1 saturated heterocycles. The lowest BCUT2D eigenvalue weighted by molar-refractivity contribution is -0.136. The molecule has 2 aromatic heterocycles. The second-order valence-corrected chi connectivity index (χ2v) is 10.5. The molecule has 0 aliphatic carbocycles. The van der Waals surface area contributed by atoms with Crippen LogP contribution in [0.2, 0.25) is 0 Å². The van der Waals surface area contributed by atoms with Gasteiger partial charge in [-0.05, 0) is 85.0 Å². The molecule has 2 aromatic carbocycles. The number of alkyl halides is 4. The highest BCUT2D eigenvalue weighted by Gasteiger charge is 2.35. The van der Waals surface area contributed by atoms with Gasteiger partial charge in [0.05, 0.1) is 12.1 Å². The fourth-order valence-electron chi connectivity index (χ4n) is 4.76. The Hall–Kier alpha value is -4.67. The number of halogens is 4. The first kappa shape index (κ1) is 28.8. The number of nitrogen functional groups attached to an aromatic ring is 1. The maximum Gasteiger partial charge on any atom is 0.420 e. The van der Waals surface area contributed by atoms with Crippen molar-refractivity contribution in [1.82, 2.24) is 15.2 Å². The number of amides is 2. The van der Waals surface area contributed by atoms with Gasteiger partial charge in [-0.2, -0.15) is 13.2 Å². The highest BCUT2D eigenvalue weighted by molar-refractivity contribution is 5.95. The van der Waals surface area contributed by atoms with Crippen LogP contribution in [-0.2, 0) is 17.5 Å². The monoisotopic (exact) mass is 580 g/mol. The maximum atomic E-state index is 14.1. The Balaban J connectivity index is 1.33. The average Bonchev–Trinajstić information content (AvgIpc) is 3.37. The predicted octanol–water partition coefficient (Wildman–Crippen LogP) is 6.39. The van der Waals surface area contributed by atoms with Crippen LogP contribution in [0.5, 0.6) is 0 Å². The van der Waals surface area contributed by atoms with Gasteiger partial charge in [0, 0.05) is 36.3 Å². The summed E-state index contributed by atoms with van der Waals surface area (Å²) >= 11 is 0. The van der Waals surface area contributed by atoms with Gasteiger partial charge in [-0.3, -0.25) is 9.59 Å². The largest absolute Gasteiger partial charge is 0.459 e. The second-order valence-electron chi connectivity index (χ2n) is 10.5. The summed E-state index contributed by atoms with van der Waals surface area (Å²) in [6, 6.07) is 13.6. The van der Waals surface area contributed by atoms with Gasteiger partial charge >= 0.3 is 6.18 Å². The number of carbonyl (C=O) groups is 2. The van der Waals surface area contributed by atoms with E-state index in [-0.39, 0.29) is 47.6 Å². The summed E-state index contributed by atoms with van der Waals surface area (Å²) in [6.45, 7) is 2.01. The summed E-state index contributed by atoms with van der Waals surface area (Å²) in [5.74, 6) is -0.224. The van der Waals surface area contributed by atoms with Crippen molar-refractivity contribution in [1.29, 1.82) is 0 Å². The maximum absolute atomic E-state index is 14.1. The van der Waals surface area contributed by atoms with E-state index in [0.29, 0.717) is 35.6 Å². The molecule has 42 heavy (non-hydrogen) atoms. The number of anilines is 1. The van der Waals surface area contributed by atoms with Crippen LogP contribution in [0.15, 0.2) is 71.3 Å². The quantitative estimate of drug-likeness (QED) is 0.203. The van der Waals surface area contributed by atoms with Crippen LogP contribution in [0, 0.1) is 0 Å². The Labute approximate surface area is 239 Å². The van der Waals surface area contributed by atoms with Crippen molar-refractivity contribution >= 4 is 34.7 Å². The number of rotatable bonds is 6. The molecule has 5 rings (SSSR count). The van der Waals surface area contributed by atoms with Gasteiger partial charge in [0.15, 0.2) is 0 Å². The minimum Gasteiger partial charge on any atom is -0.459 e. The fourth-order valence-corrected chi connectivity index (χ4v) is 4.76. The molecule has 4 aromatic rings. The minimum atomic E-state index is -4.70. The summed E-state index contributed by atoms with van der Waals surface area (Å²) in [7, 11) is 0. The number of nitrogens with zero attached hydrogens (tertiary/aromatic N) is 2. The first-order valence-corrected chi connectivity index (χ1v) is 13.3. The molecular weight excluding hydrogens is 552 g/mol. The zero-order chi connectivity index (χ0) is 30.1. The Morgan fingerprint density at radius 2 is 1.79 bits per heavy atom. The van der Waals surface area contributed by atoms with Crippen LogP contribution in [0.3, 0.4) is 0 Å². The molecule has 7 nitrogen and oxygen atoms in total. The molecule has 218 valence electrons. The van der Waals surface area contributed by atoms with Crippen molar-refractivity contribution in [2.75, 3.05) is 18.8 Å². The first-order chi connectivity index (χ1) is 19.9. The number of carbonyl (C=O) groups excluding carboxylic acids is 2. The molecule has 2 amide bonds. The van der Waals surface area contributed by atoms with Crippen LogP contribution in [0.4, 0.5) is 23.4 Å². The predicted molar refractivity (Wildman–Crippen MR) is 151 cm³/mol. The minimum absolute atomic E-state index is 0.126. The van der Waals surface area contributed by atoms with Crippen LogP contribution in [-0.4, -0.2) is 40.5 Å². The van der Waals surface area contributed by atoms with Crippen molar-refractivity contribution in [3.8, 4) is 11.1 Å². The zero-order valence-electron chi connectivity index (χ0n) is 22.7. The molecule has 0 radical (unpaired) electrons. The van der Waals surface area contributed by atoms with Crippen molar-refractivity contribution in [2.45, 2.75) is 38.2 Å². The molecule has 1 fully saturated rings.